The molecule has 6 nitrogen and oxygen atoms in total. The van der Waals surface area contributed by atoms with Gasteiger partial charge in [0.2, 0.25) is 5.95 Å². The van der Waals surface area contributed by atoms with Gasteiger partial charge in [-0.3, -0.25) is 0 Å². The van der Waals surface area contributed by atoms with E-state index in [4.69, 9.17) is 4.98 Å². The second-order valence-electron chi connectivity index (χ2n) is 7.32. The predicted molar refractivity (Wildman–Crippen MR) is 110 cm³/mol. The molecule has 10 heteroatoms. The van der Waals surface area contributed by atoms with Gasteiger partial charge in [0, 0.05) is 12.6 Å². The Morgan fingerprint density at radius 3 is 2.73 bits per heavy atom. The number of nitrogens with one attached hydrogen (secondary N) is 1. The molecule has 156 valence electrons. The molecule has 4 aromatic rings. The Balaban J connectivity index is 1.50. The number of alkyl halides is 3. The Morgan fingerprint density at radius 2 is 1.97 bits per heavy atom. The third-order valence-electron chi connectivity index (χ3n) is 5.14. The molecule has 1 unspecified atom stereocenters. The van der Waals surface area contributed by atoms with E-state index in [1.54, 1.807) is 0 Å². The second-order valence-corrected chi connectivity index (χ2v) is 8.35. The molecule has 0 spiro atoms. The maximum Gasteiger partial charge on any atom is 0.573 e. The SMILES string of the molecule is CN1CCC(n2c(Nc3nc4ccc(OC(F)(F)F)cc4s3)nc3ccccc32)C1. The van der Waals surface area contributed by atoms with Crippen LogP contribution in [-0.4, -0.2) is 45.9 Å². The lowest BCUT2D eigenvalue weighted by molar-refractivity contribution is -0.274. The summed E-state index contributed by atoms with van der Waals surface area (Å²) < 4.78 is 44.3. The van der Waals surface area contributed by atoms with Crippen molar-refractivity contribution < 1.29 is 17.9 Å². The number of likely N-dealkylation sites (tertiary alicyclic amines) is 1. The summed E-state index contributed by atoms with van der Waals surface area (Å²) in [5.74, 6) is 0.425. The van der Waals surface area contributed by atoms with Crippen LogP contribution < -0.4 is 10.1 Å². The van der Waals surface area contributed by atoms with Crippen LogP contribution in [0.4, 0.5) is 24.3 Å². The van der Waals surface area contributed by atoms with Gasteiger partial charge < -0.3 is 19.5 Å². The lowest BCUT2D eigenvalue weighted by Crippen LogP contribution is -2.17. The molecule has 1 fully saturated rings. The first kappa shape index (κ1) is 19.1. The van der Waals surface area contributed by atoms with E-state index in [9.17, 15) is 13.2 Å². The minimum Gasteiger partial charge on any atom is -0.406 e. The van der Waals surface area contributed by atoms with Gasteiger partial charge in [-0.1, -0.05) is 23.5 Å². The summed E-state index contributed by atoms with van der Waals surface area (Å²) in [5, 5.41) is 3.86. The van der Waals surface area contributed by atoms with Crippen molar-refractivity contribution in [3.63, 3.8) is 0 Å². The highest BCUT2D eigenvalue weighted by Gasteiger charge is 2.31. The molecule has 5 rings (SSSR count). The van der Waals surface area contributed by atoms with Gasteiger partial charge in [0.15, 0.2) is 5.13 Å². The summed E-state index contributed by atoms with van der Waals surface area (Å²) in [6.45, 7) is 1.94. The topological polar surface area (TPSA) is 55.2 Å². The third-order valence-corrected chi connectivity index (χ3v) is 6.07. The molecular weight excluding hydrogens is 415 g/mol. The molecule has 2 aromatic heterocycles. The van der Waals surface area contributed by atoms with Crippen molar-refractivity contribution in [2.75, 3.05) is 25.5 Å². The fourth-order valence-corrected chi connectivity index (χ4v) is 4.76. The average Bonchev–Trinajstić information content (AvgIpc) is 3.36. The molecule has 30 heavy (non-hydrogen) atoms. The highest BCUT2D eigenvalue weighted by molar-refractivity contribution is 7.22. The van der Waals surface area contributed by atoms with Crippen molar-refractivity contribution in [1.82, 2.24) is 19.4 Å². The van der Waals surface area contributed by atoms with Crippen molar-refractivity contribution >= 4 is 43.7 Å². The minimum absolute atomic E-state index is 0.258. The number of aromatic nitrogens is 3. The maximum absolute atomic E-state index is 12.5. The number of hydrogen-bond donors (Lipinski definition) is 1. The first-order chi connectivity index (χ1) is 14.4. The number of likely N-dealkylation sites (N-methyl/N-ethyl adjacent to an activating group) is 1. The highest BCUT2D eigenvalue weighted by Crippen LogP contribution is 2.35. The number of halogens is 3. The molecule has 1 N–H and O–H groups in total. The van der Waals surface area contributed by atoms with E-state index < -0.39 is 6.36 Å². The lowest BCUT2D eigenvalue weighted by Gasteiger charge is -2.16. The van der Waals surface area contributed by atoms with Gasteiger partial charge in [-0.15, -0.1) is 13.2 Å². The quantitative estimate of drug-likeness (QED) is 0.482. The minimum atomic E-state index is -4.72. The molecular formula is C20H18F3N5OS. The fourth-order valence-electron chi connectivity index (χ4n) is 3.88. The van der Waals surface area contributed by atoms with Gasteiger partial charge in [-0.25, -0.2) is 9.97 Å². The molecule has 0 amide bonds. The van der Waals surface area contributed by atoms with Crippen LogP contribution in [0.2, 0.25) is 0 Å². The molecule has 1 atom stereocenters. The summed E-state index contributed by atoms with van der Waals surface area (Å²) in [6, 6.07) is 12.4. The third kappa shape index (κ3) is 3.68. The molecule has 1 aliphatic rings. The van der Waals surface area contributed by atoms with Crippen LogP contribution in [-0.2, 0) is 0 Å². The van der Waals surface area contributed by atoms with E-state index in [0.29, 0.717) is 21.3 Å². The van der Waals surface area contributed by atoms with Crippen molar-refractivity contribution in [1.29, 1.82) is 0 Å². The largest absolute Gasteiger partial charge is 0.573 e. The number of ether oxygens (including phenoxy) is 1. The maximum atomic E-state index is 12.5. The van der Waals surface area contributed by atoms with Gasteiger partial charge in [0.1, 0.15) is 5.75 Å². The lowest BCUT2D eigenvalue weighted by atomic mass is 10.2. The monoisotopic (exact) mass is 433 g/mol. The van der Waals surface area contributed by atoms with Gasteiger partial charge >= 0.3 is 6.36 Å². The van der Waals surface area contributed by atoms with Crippen LogP contribution in [0.25, 0.3) is 21.3 Å². The summed E-state index contributed by atoms with van der Waals surface area (Å²) in [5.41, 5.74) is 2.53. The number of rotatable bonds is 4. The molecule has 3 heterocycles. The Bertz CT molecular complexity index is 1220. The standard InChI is InChI=1S/C20H18F3N5OS/c1-27-9-8-12(11-27)28-16-5-3-2-4-14(16)24-18(28)26-19-25-15-7-6-13(10-17(15)30-19)29-20(21,22)23/h2-7,10,12H,8-9,11H2,1H3,(H,24,25,26). The van der Waals surface area contributed by atoms with Crippen molar-refractivity contribution in [2.24, 2.45) is 0 Å². The molecule has 1 aliphatic heterocycles. The normalized spacial score (nSPS) is 17.8. The van der Waals surface area contributed by atoms with E-state index in [0.717, 1.165) is 30.5 Å². The Kier molecular flexibility index (Phi) is 4.55. The van der Waals surface area contributed by atoms with Gasteiger partial charge in [-0.05, 0) is 44.3 Å². The predicted octanol–water partition coefficient (Wildman–Crippen LogP) is 5.16. The number of nitrogens with zero attached hydrogens (tertiary/aromatic N) is 4. The van der Waals surface area contributed by atoms with Crippen LogP contribution in [0.5, 0.6) is 5.75 Å². The van der Waals surface area contributed by atoms with Crippen LogP contribution in [0.1, 0.15) is 12.5 Å². The second kappa shape index (κ2) is 7.13. The number of benzene rings is 2. The van der Waals surface area contributed by atoms with Gasteiger partial charge in [0.05, 0.1) is 27.3 Å². The highest BCUT2D eigenvalue weighted by atomic mass is 32.1. The molecule has 0 saturated carbocycles. The first-order valence-electron chi connectivity index (χ1n) is 9.44. The van der Waals surface area contributed by atoms with Crippen molar-refractivity contribution in [3.8, 4) is 5.75 Å². The first-order valence-corrected chi connectivity index (χ1v) is 10.3. The zero-order valence-electron chi connectivity index (χ0n) is 16.0. The molecule has 0 radical (unpaired) electrons. The number of para-hydroxylation sites is 2. The van der Waals surface area contributed by atoms with Crippen LogP contribution in [0, 0.1) is 0 Å². The summed E-state index contributed by atoms with van der Waals surface area (Å²) in [4.78, 5) is 11.5. The fraction of sp³-hybridized carbons (Fsp3) is 0.300. The van der Waals surface area contributed by atoms with E-state index in [1.807, 2.05) is 24.3 Å². The van der Waals surface area contributed by atoms with Crippen LogP contribution >= 0.6 is 11.3 Å². The summed E-state index contributed by atoms with van der Waals surface area (Å²) in [7, 11) is 2.10. The Morgan fingerprint density at radius 1 is 1.13 bits per heavy atom. The zero-order valence-corrected chi connectivity index (χ0v) is 16.8. The molecule has 0 aliphatic carbocycles. The molecule has 2 aromatic carbocycles. The average molecular weight is 433 g/mol. The van der Waals surface area contributed by atoms with Crippen LogP contribution in [0.3, 0.4) is 0 Å². The van der Waals surface area contributed by atoms with Crippen molar-refractivity contribution in [3.05, 3.63) is 42.5 Å². The smallest absolute Gasteiger partial charge is 0.406 e. The van der Waals surface area contributed by atoms with Gasteiger partial charge in [0.25, 0.3) is 0 Å². The number of hydrogen-bond acceptors (Lipinski definition) is 6. The van der Waals surface area contributed by atoms with E-state index in [2.05, 4.69) is 31.6 Å². The van der Waals surface area contributed by atoms with E-state index in [-0.39, 0.29) is 11.8 Å². The zero-order chi connectivity index (χ0) is 20.9. The Labute approximate surface area is 173 Å². The summed E-state index contributed by atoms with van der Waals surface area (Å²) >= 11 is 1.26. The number of thiazole rings is 1. The number of imidazole rings is 1. The van der Waals surface area contributed by atoms with Gasteiger partial charge in [-0.2, -0.15) is 0 Å². The van der Waals surface area contributed by atoms with Crippen molar-refractivity contribution in [2.45, 2.75) is 18.8 Å². The Hall–Kier alpha value is -2.85. The van der Waals surface area contributed by atoms with Crippen LogP contribution in [0.15, 0.2) is 42.5 Å². The number of fused-ring (bicyclic) bond motifs is 2. The van der Waals surface area contributed by atoms with E-state index >= 15 is 0 Å². The number of anilines is 2. The van der Waals surface area contributed by atoms with E-state index in [1.165, 1.54) is 29.5 Å². The summed E-state index contributed by atoms with van der Waals surface area (Å²) in [6.07, 6.45) is -3.71. The molecule has 1 saturated heterocycles. The molecule has 0 bridgehead atoms.